The quantitative estimate of drug-likeness (QED) is 0.851. The summed E-state index contributed by atoms with van der Waals surface area (Å²) >= 11 is 0. The molecule has 0 N–H and O–H groups in total. The Hall–Kier alpha value is -1.72. The molecule has 0 fully saturated rings. The predicted octanol–water partition coefficient (Wildman–Crippen LogP) is 2.79. The van der Waals surface area contributed by atoms with E-state index >= 15 is 0 Å². The molecule has 1 aromatic heterocycles. The van der Waals surface area contributed by atoms with Crippen molar-refractivity contribution in [3.63, 3.8) is 0 Å². The number of nitrogens with zero attached hydrogens (tertiary/aromatic N) is 3. The second kappa shape index (κ2) is 6.58. The van der Waals surface area contributed by atoms with Crippen LogP contribution in [-0.2, 0) is 24.4 Å². The van der Waals surface area contributed by atoms with E-state index in [2.05, 4.69) is 23.1 Å². The van der Waals surface area contributed by atoms with Crippen LogP contribution in [0, 0.1) is 5.82 Å². The molecule has 0 aliphatic carbocycles. The largest absolute Gasteiger partial charge is 0.384 e. The van der Waals surface area contributed by atoms with Gasteiger partial charge in [-0.1, -0.05) is 12.1 Å². The predicted molar refractivity (Wildman–Crippen MR) is 83.0 cm³/mol. The van der Waals surface area contributed by atoms with Gasteiger partial charge in [-0.2, -0.15) is 5.10 Å². The Labute approximate surface area is 130 Å². The van der Waals surface area contributed by atoms with Gasteiger partial charge < -0.3 is 4.74 Å². The lowest BCUT2D eigenvalue weighted by molar-refractivity contribution is 0.134. The number of aryl methyl sites for hydroxylation is 1. The van der Waals surface area contributed by atoms with Gasteiger partial charge in [-0.05, 0) is 24.6 Å². The molecule has 0 spiro atoms. The van der Waals surface area contributed by atoms with E-state index in [1.807, 2.05) is 16.8 Å². The highest BCUT2D eigenvalue weighted by molar-refractivity contribution is 5.25. The number of hydrogen-bond acceptors (Lipinski definition) is 3. The van der Waals surface area contributed by atoms with Crippen LogP contribution in [0.5, 0.6) is 0 Å². The van der Waals surface area contributed by atoms with E-state index in [0.29, 0.717) is 12.5 Å². The zero-order chi connectivity index (χ0) is 15.5. The lowest BCUT2D eigenvalue weighted by Gasteiger charge is -2.31. The summed E-state index contributed by atoms with van der Waals surface area (Å²) in [5.41, 5.74) is 3.57. The van der Waals surface area contributed by atoms with E-state index in [9.17, 15) is 4.39 Å². The summed E-state index contributed by atoms with van der Waals surface area (Å²) in [5.74, 6) is 0.105. The third kappa shape index (κ3) is 3.20. The van der Waals surface area contributed by atoms with E-state index in [-0.39, 0.29) is 5.82 Å². The molecule has 4 nitrogen and oxygen atoms in total. The van der Waals surface area contributed by atoms with Gasteiger partial charge in [0.25, 0.3) is 0 Å². The molecular weight excluding hydrogens is 281 g/mol. The summed E-state index contributed by atoms with van der Waals surface area (Å²) in [5, 5.41) is 4.68. The molecular formula is C17H22FN3O. The van der Waals surface area contributed by atoms with Crippen molar-refractivity contribution in [1.82, 2.24) is 14.7 Å². The fourth-order valence-electron chi connectivity index (χ4n) is 3.11. The molecule has 0 bridgehead atoms. The van der Waals surface area contributed by atoms with Crippen LogP contribution in [0.15, 0.2) is 30.5 Å². The van der Waals surface area contributed by atoms with Crippen LogP contribution in [0.4, 0.5) is 4.39 Å². The number of ether oxygens (including phenoxy) is 1. The van der Waals surface area contributed by atoms with Crippen molar-refractivity contribution in [2.24, 2.45) is 0 Å². The van der Waals surface area contributed by atoms with Crippen molar-refractivity contribution in [1.29, 1.82) is 0 Å². The molecule has 1 aliphatic heterocycles. The Morgan fingerprint density at radius 2 is 2.09 bits per heavy atom. The molecule has 1 atom stereocenters. The van der Waals surface area contributed by atoms with Gasteiger partial charge in [0.2, 0.25) is 0 Å². The minimum Gasteiger partial charge on any atom is -0.384 e. The van der Waals surface area contributed by atoms with Gasteiger partial charge >= 0.3 is 0 Å². The Bertz CT molecular complexity index is 623. The first-order valence-corrected chi connectivity index (χ1v) is 7.71. The van der Waals surface area contributed by atoms with Crippen molar-refractivity contribution < 1.29 is 9.13 Å². The molecule has 0 unspecified atom stereocenters. The first kappa shape index (κ1) is 15.2. The van der Waals surface area contributed by atoms with Crippen LogP contribution < -0.4 is 0 Å². The number of fused-ring (bicyclic) bond motifs is 1. The summed E-state index contributed by atoms with van der Waals surface area (Å²) in [6, 6.07) is 6.75. The fourth-order valence-corrected chi connectivity index (χ4v) is 3.11. The number of rotatable bonds is 5. The number of methoxy groups -OCH3 is 1. The SMILES string of the molecule is CCn1cc2c(n1)[C@@H](COC)CN(Cc1ccc(F)cc1)C2. The van der Waals surface area contributed by atoms with Crippen molar-refractivity contribution in [2.45, 2.75) is 32.5 Å². The minimum absolute atomic E-state index is 0.189. The summed E-state index contributed by atoms with van der Waals surface area (Å²) in [7, 11) is 1.73. The molecule has 118 valence electrons. The van der Waals surface area contributed by atoms with Crippen molar-refractivity contribution in [2.75, 3.05) is 20.3 Å². The molecule has 22 heavy (non-hydrogen) atoms. The number of halogens is 1. The first-order chi connectivity index (χ1) is 10.7. The second-order valence-corrected chi connectivity index (χ2v) is 5.84. The molecule has 0 saturated carbocycles. The molecule has 1 aliphatic rings. The average Bonchev–Trinajstić information content (AvgIpc) is 2.93. The topological polar surface area (TPSA) is 30.3 Å². The average molecular weight is 303 g/mol. The van der Waals surface area contributed by atoms with Crippen LogP contribution in [0.2, 0.25) is 0 Å². The Kier molecular flexibility index (Phi) is 4.55. The molecule has 3 rings (SSSR count). The molecule has 0 radical (unpaired) electrons. The van der Waals surface area contributed by atoms with Gasteiger partial charge in [0.05, 0.1) is 12.3 Å². The maximum Gasteiger partial charge on any atom is 0.123 e. The van der Waals surface area contributed by atoms with Crippen LogP contribution in [0.25, 0.3) is 0 Å². The maximum atomic E-state index is 13.0. The number of hydrogen-bond donors (Lipinski definition) is 0. The molecule has 2 heterocycles. The maximum absolute atomic E-state index is 13.0. The number of benzene rings is 1. The highest BCUT2D eigenvalue weighted by atomic mass is 19.1. The highest BCUT2D eigenvalue weighted by Crippen LogP contribution is 2.28. The normalized spacial score (nSPS) is 18.4. The summed E-state index contributed by atoms with van der Waals surface area (Å²) < 4.78 is 20.4. The lowest BCUT2D eigenvalue weighted by atomic mass is 9.97. The van der Waals surface area contributed by atoms with E-state index in [1.165, 1.54) is 23.4 Å². The van der Waals surface area contributed by atoms with Crippen molar-refractivity contribution >= 4 is 0 Å². The third-order valence-electron chi connectivity index (χ3n) is 4.14. The van der Waals surface area contributed by atoms with Crippen LogP contribution in [-0.4, -0.2) is 34.9 Å². The Morgan fingerprint density at radius 1 is 1.32 bits per heavy atom. The van der Waals surface area contributed by atoms with Gasteiger partial charge in [0.1, 0.15) is 5.82 Å². The zero-order valence-electron chi connectivity index (χ0n) is 13.1. The molecule has 5 heteroatoms. The highest BCUT2D eigenvalue weighted by Gasteiger charge is 2.28. The van der Waals surface area contributed by atoms with E-state index in [0.717, 1.165) is 31.7 Å². The fraction of sp³-hybridized carbons (Fsp3) is 0.471. The van der Waals surface area contributed by atoms with Crippen molar-refractivity contribution in [3.05, 3.63) is 53.1 Å². The van der Waals surface area contributed by atoms with Gasteiger partial charge in [0.15, 0.2) is 0 Å². The van der Waals surface area contributed by atoms with Crippen LogP contribution in [0.3, 0.4) is 0 Å². The second-order valence-electron chi connectivity index (χ2n) is 5.84. The van der Waals surface area contributed by atoms with Crippen LogP contribution in [0.1, 0.15) is 29.7 Å². The van der Waals surface area contributed by atoms with Gasteiger partial charge in [0, 0.05) is 51.0 Å². The lowest BCUT2D eigenvalue weighted by Crippen LogP contribution is -2.34. The van der Waals surface area contributed by atoms with Gasteiger partial charge in [-0.15, -0.1) is 0 Å². The van der Waals surface area contributed by atoms with E-state index in [1.54, 1.807) is 7.11 Å². The Balaban J connectivity index is 1.78. The van der Waals surface area contributed by atoms with E-state index < -0.39 is 0 Å². The summed E-state index contributed by atoms with van der Waals surface area (Å²) in [6.45, 7) is 6.27. The van der Waals surface area contributed by atoms with Crippen LogP contribution >= 0.6 is 0 Å². The standard InChI is InChI=1S/C17H22FN3O/c1-3-21-11-14-9-20(8-13-4-6-16(18)7-5-13)10-15(12-22-2)17(14)19-21/h4-7,11,15H,3,8-10,12H2,1-2H3/t15-/m1/s1. The molecule has 0 saturated heterocycles. The molecule has 2 aromatic rings. The monoisotopic (exact) mass is 303 g/mol. The Morgan fingerprint density at radius 3 is 2.77 bits per heavy atom. The molecule has 1 aromatic carbocycles. The summed E-state index contributed by atoms with van der Waals surface area (Å²) in [6.07, 6.45) is 2.13. The number of aromatic nitrogens is 2. The molecule has 0 amide bonds. The van der Waals surface area contributed by atoms with Crippen molar-refractivity contribution in [3.8, 4) is 0 Å². The van der Waals surface area contributed by atoms with Gasteiger partial charge in [-0.3, -0.25) is 9.58 Å². The van der Waals surface area contributed by atoms with E-state index in [4.69, 9.17) is 4.74 Å². The smallest absolute Gasteiger partial charge is 0.123 e. The van der Waals surface area contributed by atoms with Gasteiger partial charge in [-0.25, -0.2) is 4.39 Å². The summed E-state index contributed by atoms with van der Waals surface area (Å²) in [4.78, 5) is 2.38. The zero-order valence-corrected chi connectivity index (χ0v) is 13.1. The first-order valence-electron chi connectivity index (χ1n) is 7.71. The minimum atomic E-state index is -0.189. The third-order valence-corrected chi connectivity index (χ3v) is 4.14.